The van der Waals surface area contributed by atoms with Gasteiger partial charge in [-0.2, -0.15) is 0 Å². The maximum absolute atomic E-state index is 16.6. The third-order valence-electron chi connectivity index (χ3n) is 8.26. The van der Waals surface area contributed by atoms with Crippen LogP contribution >= 0.6 is 11.6 Å². The molecule has 1 unspecified atom stereocenters. The van der Waals surface area contributed by atoms with Crippen LogP contribution in [-0.2, 0) is 12.0 Å². The molecule has 0 spiro atoms. The average molecular weight is 576 g/mol. The van der Waals surface area contributed by atoms with E-state index in [-0.39, 0.29) is 57.1 Å². The van der Waals surface area contributed by atoms with E-state index < -0.39 is 29.2 Å². The van der Waals surface area contributed by atoms with Crippen molar-refractivity contribution < 1.29 is 28.2 Å². The number of aliphatic hydroxyl groups is 1. The molecule has 3 aliphatic rings. The summed E-state index contributed by atoms with van der Waals surface area (Å²) in [7, 11) is 0. The van der Waals surface area contributed by atoms with E-state index in [1.54, 1.807) is 12.1 Å². The molecule has 1 fully saturated rings. The molecular formula is C31H24ClF2N3O4. The predicted molar refractivity (Wildman–Crippen MR) is 147 cm³/mol. The summed E-state index contributed by atoms with van der Waals surface area (Å²) in [5.74, 6) is -2.98. The number of pyridine rings is 1. The topological polar surface area (TPSA) is 107 Å². The molecule has 4 aromatic rings. The molecule has 0 bridgehead atoms. The number of nitrogens with two attached hydrogens (primary N) is 1. The van der Waals surface area contributed by atoms with E-state index >= 15 is 8.78 Å². The van der Waals surface area contributed by atoms with Gasteiger partial charge in [-0.25, -0.2) is 13.8 Å². The molecule has 3 aromatic carbocycles. The highest BCUT2D eigenvalue weighted by molar-refractivity contribution is 6.34. The molecule has 3 aliphatic heterocycles. The second-order valence-electron chi connectivity index (χ2n) is 10.5. The van der Waals surface area contributed by atoms with Gasteiger partial charge >= 0.3 is 0 Å². The van der Waals surface area contributed by atoms with E-state index in [9.17, 15) is 9.90 Å². The van der Waals surface area contributed by atoms with Crippen LogP contribution in [0.2, 0.25) is 5.02 Å². The SMILES string of the molecule is NC(=O)c1cc2c(c(F)c1-c1c(Cl)c(F)cc3c1C[C@](c1ccccc1)([C@@H]1CCCN1)O3)Oc1ncccc1C2O. The number of halogens is 3. The number of nitrogens with zero attached hydrogens (tertiary/aromatic N) is 1. The first kappa shape index (κ1) is 25.9. The number of aromatic nitrogens is 1. The van der Waals surface area contributed by atoms with Crippen LogP contribution < -0.4 is 20.5 Å². The Kier molecular flexibility index (Phi) is 6.01. The lowest BCUT2D eigenvalue weighted by molar-refractivity contribution is 0.0539. The van der Waals surface area contributed by atoms with Gasteiger partial charge in [-0.05, 0) is 43.1 Å². The van der Waals surface area contributed by atoms with Crippen LogP contribution in [0.15, 0.2) is 60.8 Å². The molecular weight excluding hydrogens is 552 g/mol. The Bertz CT molecular complexity index is 1730. The molecule has 3 atom stereocenters. The minimum Gasteiger partial charge on any atom is -0.480 e. The number of ether oxygens (including phenoxy) is 2. The zero-order valence-electron chi connectivity index (χ0n) is 21.6. The fourth-order valence-electron chi connectivity index (χ4n) is 6.38. The Morgan fingerprint density at radius 2 is 1.93 bits per heavy atom. The quantitative estimate of drug-likeness (QED) is 0.295. The van der Waals surface area contributed by atoms with Crippen molar-refractivity contribution in [1.29, 1.82) is 0 Å². The lowest BCUT2D eigenvalue weighted by Gasteiger charge is -2.35. The fourth-order valence-corrected chi connectivity index (χ4v) is 6.64. The maximum atomic E-state index is 16.6. The minimum absolute atomic E-state index is 0.00485. The summed E-state index contributed by atoms with van der Waals surface area (Å²) >= 11 is 6.58. The summed E-state index contributed by atoms with van der Waals surface area (Å²) in [5, 5.41) is 14.1. The van der Waals surface area contributed by atoms with E-state index in [1.807, 2.05) is 30.3 Å². The summed E-state index contributed by atoms with van der Waals surface area (Å²) in [6.07, 6.45) is 2.08. The Morgan fingerprint density at radius 1 is 1.12 bits per heavy atom. The summed E-state index contributed by atoms with van der Waals surface area (Å²) in [5.41, 5.74) is 5.78. The first-order valence-corrected chi connectivity index (χ1v) is 13.6. The largest absolute Gasteiger partial charge is 0.480 e. The Balaban J connectivity index is 1.47. The van der Waals surface area contributed by atoms with Crippen LogP contribution in [0, 0.1) is 11.6 Å². The summed E-state index contributed by atoms with van der Waals surface area (Å²) in [6.45, 7) is 0.793. The standard InChI is InChI=1S/C31H24ClF2N3O4/c32-25-20(33)13-21-19(14-31(41-21,22-9-5-10-36-22)15-6-2-1-3-7-15)23(25)24-17(29(35)39)12-18-27(38)16-8-4-11-37-30(16)40-28(18)26(24)34/h1-4,6-8,11-13,22,27,36,38H,5,9-10,14H2,(H2,35,39)/t22-,27?,31-/m0/s1. The van der Waals surface area contributed by atoms with Gasteiger partial charge in [0.15, 0.2) is 17.2 Å². The smallest absolute Gasteiger partial charge is 0.249 e. The molecule has 1 saturated heterocycles. The van der Waals surface area contributed by atoms with Crippen LogP contribution in [0.3, 0.4) is 0 Å². The number of aliphatic hydroxyl groups excluding tert-OH is 1. The zero-order valence-corrected chi connectivity index (χ0v) is 22.3. The van der Waals surface area contributed by atoms with E-state index in [1.165, 1.54) is 18.3 Å². The van der Waals surface area contributed by atoms with E-state index in [2.05, 4.69) is 10.3 Å². The molecule has 10 heteroatoms. The Labute approximate surface area is 238 Å². The molecule has 0 radical (unpaired) electrons. The van der Waals surface area contributed by atoms with Crippen molar-refractivity contribution in [3.05, 3.63) is 105 Å². The molecule has 4 heterocycles. The Morgan fingerprint density at radius 3 is 2.66 bits per heavy atom. The minimum atomic E-state index is -1.33. The normalized spacial score (nSPS) is 22.3. The number of carbonyl (C=O) groups excluding carboxylic acids is 1. The molecule has 7 nitrogen and oxygen atoms in total. The van der Waals surface area contributed by atoms with Crippen LogP contribution in [0.25, 0.3) is 11.1 Å². The van der Waals surface area contributed by atoms with Crippen LogP contribution in [0.5, 0.6) is 17.4 Å². The van der Waals surface area contributed by atoms with Gasteiger partial charge in [-0.1, -0.05) is 41.9 Å². The van der Waals surface area contributed by atoms with Crippen LogP contribution in [0.1, 0.15) is 51.6 Å². The van der Waals surface area contributed by atoms with Crippen molar-refractivity contribution >= 4 is 17.5 Å². The van der Waals surface area contributed by atoms with E-state index in [0.717, 1.165) is 24.9 Å². The van der Waals surface area contributed by atoms with Gasteiger partial charge in [0.05, 0.1) is 16.6 Å². The van der Waals surface area contributed by atoms with E-state index in [0.29, 0.717) is 11.1 Å². The summed E-state index contributed by atoms with van der Waals surface area (Å²) in [6, 6.07) is 15.1. The number of nitrogens with one attached hydrogen (secondary N) is 1. The van der Waals surface area contributed by atoms with Crippen molar-refractivity contribution in [2.24, 2.45) is 5.73 Å². The van der Waals surface area contributed by atoms with Gasteiger partial charge in [0.25, 0.3) is 0 Å². The molecule has 7 rings (SSSR count). The van der Waals surface area contributed by atoms with Gasteiger partial charge in [0, 0.05) is 46.5 Å². The lowest BCUT2D eigenvalue weighted by atomic mass is 9.80. The average Bonchev–Trinajstić information content (AvgIpc) is 3.65. The number of carbonyl (C=O) groups is 1. The molecule has 1 amide bonds. The van der Waals surface area contributed by atoms with Crippen LogP contribution in [-0.4, -0.2) is 28.6 Å². The first-order chi connectivity index (χ1) is 19.8. The second-order valence-corrected chi connectivity index (χ2v) is 10.9. The van der Waals surface area contributed by atoms with Crippen molar-refractivity contribution in [2.75, 3.05) is 6.54 Å². The second kappa shape index (κ2) is 9.51. The number of primary amides is 1. The summed E-state index contributed by atoms with van der Waals surface area (Å²) < 4.78 is 44.5. The Hall–Kier alpha value is -4.05. The maximum Gasteiger partial charge on any atom is 0.249 e. The first-order valence-electron chi connectivity index (χ1n) is 13.3. The molecule has 1 aromatic heterocycles. The third kappa shape index (κ3) is 3.83. The van der Waals surface area contributed by atoms with Crippen molar-refractivity contribution in [3.8, 4) is 28.5 Å². The number of hydrogen-bond acceptors (Lipinski definition) is 6. The fraction of sp³-hybridized carbons (Fsp3) is 0.226. The molecule has 41 heavy (non-hydrogen) atoms. The molecule has 4 N–H and O–H groups in total. The summed E-state index contributed by atoms with van der Waals surface area (Å²) in [4.78, 5) is 16.9. The third-order valence-corrected chi connectivity index (χ3v) is 8.63. The van der Waals surface area contributed by atoms with Gasteiger partial charge in [0.1, 0.15) is 17.7 Å². The number of amides is 1. The highest BCUT2D eigenvalue weighted by Crippen LogP contribution is 2.54. The van der Waals surface area contributed by atoms with Crippen molar-refractivity contribution in [3.63, 3.8) is 0 Å². The highest BCUT2D eigenvalue weighted by Gasteiger charge is 2.50. The predicted octanol–water partition coefficient (Wildman–Crippen LogP) is 5.55. The lowest BCUT2D eigenvalue weighted by Crippen LogP contribution is -2.48. The van der Waals surface area contributed by atoms with Gasteiger partial charge in [-0.3, -0.25) is 4.79 Å². The number of fused-ring (bicyclic) bond motifs is 3. The number of hydrogen-bond donors (Lipinski definition) is 3. The number of benzene rings is 3. The zero-order chi connectivity index (χ0) is 28.5. The van der Waals surface area contributed by atoms with Gasteiger partial charge in [-0.15, -0.1) is 0 Å². The van der Waals surface area contributed by atoms with Gasteiger partial charge in [0.2, 0.25) is 11.8 Å². The molecule has 0 saturated carbocycles. The van der Waals surface area contributed by atoms with Gasteiger partial charge < -0.3 is 25.6 Å². The highest BCUT2D eigenvalue weighted by atomic mass is 35.5. The van der Waals surface area contributed by atoms with E-state index in [4.69, 9.17) is 26.8 Å². The number of rotatable bonds is 4. The van der Waals surface area contributed by atoms with Crippen molar-refractivity contribution in [1.82, 2.24) is 10.3 Å². The molecule has 0 aliphatic carbocycles. The van der Waals surface area contributed by atoms with Crippen molar-refractivity contribution in [2.45, 2.75) is 37.0 Å². The molecule has 208 valence electrons. The van der Waals surface area contributed by atoms with Crippen LogP contribution in [0.4, 0.5) is 8.78 Å². The monoisotopic (exact) mass is 575 g/mol.